The largest absolute Gasteiger partial charge is 0.463 e. The minimum absolute atomic E-state index is 0.0654. The molecule has 41 heavy (non-hydrogen) atoms. The molecule has 13 nitrogen and oxygen atoms in total. The van der Waals surface area contributed by atoms with Gasteiger partial charge in [-0.05, 0) is 29.3 Å². The zero-order valence-electron chi connectivity index (χ0n) is 22.4. The summed E-state index contributed by atoms with van der Waals surface area (Å²) in [4.78, 5) is 53.0. The first kappa shape index (κ1) is 30.8. The summed E-state index contributed by atoms with van der Waals surface area (Å²) in [7, 11) is 0. The highest BCUT2D eigenvalue weighted by atomic mass is 16.7. The van der Waals surface area contributed by atoms with Gasteiger partial charge in [-0.1, -0.05) is 47.6 Å². The van der Waals surface area contributed by atoms with Gasteiger partial charge >= 0.3 is 23.9 Å². The lowest BCUT2D eigenvalue weighted by atomic mass is 9.97. The van der Waals surface area contributed by atoms with Crippen LogP contribution in [0.15, 0.2) is 72.4 Å². The highest BCUT2D eigenvalue weighted by molar-refractivity contribution is 5.91. The Bertz CT molecular complexity index is 1300. The number of ether oxygens (including phenoxy) is 6. The molecule has 0 unspecified atom stereocenters. The molecule has 0 radical (unpaired) electrons. The minimum Gasteiger partial charge on any atom is -0.463 e. The Balaban J connectivity index is 2.05. The van der Waals surface area contributed by atoms with Crippen molar-refractivity contribution in [3.05, 3.63) is 94.4 Å². The summed E-state index contributed by atoms with van der Waals surface area (Å²) in [5.41, 5.74) is 9.35. The third kappa shape index (κ3) is 8.64. The van der Waals surface area contributed by atoms with Crippen LogP contribution >= 0.6 is 0 Å². The average Bonchev–Trinajstić information content (AvgIpc) is 2.96. The summed E-state index contributed by atoms with van der Waals surface area (Å²) in [5.74, 6) is -3.09. The van der Waals surface area contributed by atoms with E-state index in [2.05, 4.69) is 16.6 Å². The minimum atomic E-state index is -1.47. The summed E-state index contributed by atoms with van der Waals surface area (Å²) in [6, 6.07) is 14.3. The first-order valence-corrected chi connectivity index (χ1v) is 12.5. The van der Waals surface area contributed by atoms with Crippen LogP contribution in [-0.2, 0) is 44.6 Å². The number of rotatable bonds is 12. The van der Waals surface area contributed by atoms with Crippen LogP contribution in [0, 0.1) is 0 Å². The number of azide groups is 1. The van der Waals surface area contributed by atoms with Crippen molar-refractivity contribution in [2.24, 2.45) is 5.11 Å². The van der Waals surface area contributed by atoms with Crippen molar-refractivity contribution in [2.45, 2.75) is 51.1 Å². The normalized spacial score (nSPS) is 21.5. The van der Waals surface area contributed by atoms with E-state index in [0.29, 0.717) is 5.56 Å². The predicted molar refractivity (Wildman–Crippen MR) is 141 cm³/mol. The number of nitrogens with zero attached hydrogens (tertiary/aromatic N) is 3. The van der Waals surface area contributed by atoms with Gasteiger partial charge in [-0.2, -0.15) is 0 Å². The number of hydrogen-bond donors (Lipinski definition) is 0. The van der Waals surface area contributed by atoms with Gasteiger partial charge in [0.1, 0.15) is 12.7 Å². The molecular weight excluding hydrogens is 538 g/mol. The van der Waals surface area contributed by atoms with E-state index >= 15 is 0 Å². The van der Waals surface area contributed by atoms with Crippen LogP contribution in [0.1, 0.15) is 40.1 Å². The van der Waals surface area contributed by atoms with Crippen LogP contribution < -0.4 is 0 Å². The van der Waals surface area contributed by atoms with Crippen LogP contribution in [0.5, 0.6) is 0 Å². The van der Waals surface area contributed by atoms with Gasteiger partial charge in [-0.25, -0.2) is 9.59 Å². The topological polar surface area (TPSA) is 172 Å². The van der Waals surface area contributed by atoms with Gasteiger partial charge in [0.25, 0.3) is 0 Å². The number of carbonyl (C=O) groups is 4. The van der Waals surface area contributed by atoms with Crippen LogP contribution in [0.2, 0.25) is 0 Å². The van der Waals surface area contributed by atoms with E-state index < -0.39 is 61.2 Å². The van der Waals surface area contributed by atoms with Crippen LogP contribution in [0.3, 0.4) is 0 Å². The standard InChI is InChI=1S/C28H29N3O10/c1-4-14-36-28-25(41-27(35)21-13-9-8-12-20(21)15-30-31-29)24(40-26(34)19-10-6-5-7-11-19)23(38-18(3)33)22(39-28)16-37-17(2)32/h4-13,22-25,28H,1,14-16H2,2-3H3/t22-,23-,24+,25-,28+/m1/s1. The van der Waals surface area contributed by atoms with Gasteiger partial charge in [-0.3, -0.25) is 9.59 Å². The smallest absolute Gasteiger partial charge is 0.339 e. The molecule has 5 atom stereocenters. The molecule has 1 saturated heterocycles. The molecule has 0 aliphatic carbocycles. The van der Waals surface area contributed by atoms with Crippen molar-refractivity contribution < 1.29 is 47.6 Å². The molecule has 0 N–H and O–H groups in total. The predicted octanol–water partition coefficient (Wildman–Crippen LogP) is 3.67. The zero-order chi connectivity index (χ0) is 29.8. The zero-order valence-corrected chi connectivity index (χ0v) is 22.4. The molecule has 216 valence electrons. The van der Waals surface area contributed by atoms with Crippen molar-refractivity contribution in [2.75, 3.05) is 13.2 Å². The van der Waals surface area contributed by atoms with Gasteiger partial charge in [0, 0.05) is 18.8 Å². The summed E-state index contributed by atoms with van der Waals surface area (Å²) in [6.45, 7) is 5.33. The molecule has 2 aromatic rings. The van der Waals surface area contributed by atoms with E-state index in [-0.39, 0.29) is 24.3 Å². The molecule has 1 aliphatic heterocycles. The summed E-state index contributed by atoms with van der Waals surface area (Å²) < 4.78 is 33.9. The number of esters is 4. The second-order valence-corrected chi connectivity index (χ2v) is 8.69. The van der Waals surface area contributed by atoms with Crippen LogP contribution in [-0.4, -0.2) is 67.8 Å². The lowest BCUT2D eigenvalue weighted by molar-refractivity contribution is -0.299. The molecule has 3 rings (SSSR count). The van der Waals surface area contributed by atoms with E-state index in [1.807, 2.05) is 0 Å². The van der Waals surface area contributed by atoms with E-state index in [0.717, 1.165) is 6.92 Å². The van der Waals surface area contributed by atoms with Crippen LogP contribution in [0.25, 0.3) is 10.4 Å². The Morgan fingerprint density at radius 1 is 0.927 bits per heavy atom. The summed E-state index contributed by atoms with van der Waals surface area (Å²) in [6.07, 6.45) is -5.44. The highest BCUT2D eigenvalue weighted by Gasteiger charge is 2.53. The van der Waals surface area contributed by atoms with Crippen molar-refractivity contribution >= 4 is 23.9 Å². The number of carbonyl (C=O) groups excluding carboxylic acids is 4. The number of hydrogen-bond acceptors (Lipinski definition) is 11. The third-order valence-electron chi connectivity index (χ3n) is 5.76. The van der Waals surface area contributed by atoms with Crippen molar-refractivity contribution in [1.29, 1.82) is 0 Å². The molecule has 1 heterocycles. The molecule has 0 saturated carbocycles. The van der Waals surface area contributed by atoms with E-state index in [1.165, 1.54) is 31.2 Å². The van der Waals surface area contributed by atoms with Crippen LogP contribution in [0.4, 0.5) is 0 Å². The van der Waals surface area contributed by atoms with Gasteiger partial charge in [0.15, 0.2) is 24.6 Å². The fourth-order valence-corrected chi connectivity index (χ4v) is 4.02. The molecule has 0 amide bonds. The summed E-state index contributed by atoms with van der Waals surface area (Å²) >= 11 is 0. The van der Waals surface area contributed by atoms with Crippen molar-refractivity contribution in [1.82, 2.24) is 0 Å². The molecule has 0 aromatic heterocycles. The second-order valence-electron chi connectivity index (χ2n) is 8.69. The van der Waals surface area contributed by atoms with Gasteiger partial charge in [0.2, 0.25) is 0 Å². The lowest BCUT2D eigenvalue weighted by Crippen LogP contribution is -2.63. The molecule has 2 aromatic carbocycles. The SMILES string of the molecule is C=CCO[C@H]1O[C@H](COC(C)=O)[C@@H](OC(C)=O)[C@H](OC(=O)c2ccccc2)[C@H]1OC(=O)c1ccccc1CN=[N+]=[N-]. The van der Waals surface area contributed by atoms with Gasteiger partial charge in [-0.15, -0.1) is 6.58 Å². The Morgan fingerprint density at radius 3 is 2.27 bits per heavy atom. The molecule has 0 spiro atoms. The molecule has 1 aliphatic rings. The highest BCUT2D eigenvalue weighted by Crippen LogP contribution is 2.31. The third-order valence-corrected chi connectivity index (χ3v) is 5.76. The monoisotopic (exact) mass is 567 g/mol. The molecule has 0 bridgehead atoms. The van der Waals surface area contributed by atoms with Gasteiger partial charge in [0.05, 0.1) is 24.3 Å². The fourth-order valence-electron chi connectivity index (χ4n) is 4.02. The maximum Gasteiger partial charge on any atom is 0.339 e. The molecule has 1 fully saturated rings. The first-order chi connectivity index (χ1) is 19.7. The Hall–Kier alpha value is -4.71. The Labute approximate surface area is 235 Å². The first-order valence-electron chi connectivity index (χ1n) is 12.5. The maximum atomic E-state index is 13.4. The lowest BCUT2D eigenvalue weighted by Gasteiger charge is -2.44. The van der Waals surface area contributed by atoms with Crippen molar-refractivity contribution in [3.8, 4) is 0 Å². The maximum absolute atomic E-state index is 13.4. The van der Waals surface area contributed by atoms with E-state index in [4.69, 9.17) is 34.0 Å². The quantitative estimate of drug-likeness (QED) is 0.0919. The fraction of sp³-hybridized carbons (Fsp3) is 0.357. The van der Waals surface area contributed by atoms with Gasteiger partial charge < -0.3 is 28.4 Å². The summed E-state index contributed by atoms with van der Waals surface area (Å²) in [5, 5.41) is 3.51. The van der Waals surface area contributed by atoms with E-state index in [1.54, 1.807) is 36.4 Å². The average molecular weight is 568 g/mol. The van der Waals surface area contributed by atoms with Crippen molar-refractivity contribution in [3.63, 3.8) is 0 Å². The Morgan fingerprint density at radius 2 is 1.61 bits per heavy atom. The molecule has 13 heteroatoms. The Kier molecular flexibility index (Phi) is 11.4. The van der Waals surface area contributed by atoms with E-state index in [9.17, 15) is 19.2 Å². The second kappa shape index (κ2) is 15.2. The number of benzene rings is 2. The molecular formula is C28H29N3O10.